The predicted octanol–water partition coefficient (Wildman–Crippen LogP) is 3.62. The first kappa shape index (κ1) is 17.1. The van der Waals surface area contributed by atoms with Gasteiger partial charge in [-0.1, -0.05) is 6.92 Å². The molecule has 0 saturated carbocycles. The van der Waals surface area contributed by atoms with Crippen LogP contribution in [0.2, 0.25) is 0 Å². The van der Waals surface area contributed by atoms with E-state index in [0.29, 0.717) is 6.54 Å². The SMILES string of the molecule is CCCN(CC(=O)O)Cc1ccc(-c2ccc([N+](=O)[O-])cc2)s1. The third-order valence-electron chi connectivity index (χ3n) is 3.30. The molecule has 6 nitrogen and oxygen atoms in total. The molecule has 0 aliphatic rings. The molecule has 1 aromatic heterocycles. The number of benzene rings is 1. The fourth-order valence-electron chi connectivity index (χ4n) is 2.31. The molecule has 2 rings (SSSR count). The molecule has 0 spiro atoms. The van der Waals surface area contributed by atoms with Crippen LogP contribution in [0.15, 0.2) is 36.4 Å². The van der Waals surface area contributed by atoms with Crippen molar-refractivity contribution in [3.8, 4) is 10.4 Å². The second kappa shape index (κ2) is 7.85. The summed E-state index contributed by atoms with van der Waals surface area (Å²) in [5.74, 6) is -0.828. The summed E-state index contributed by atoms with van der Waals surface area (Å²) in [6, 6.07) is 10.4. The maximum atomic E-state index is 10.9. The molecule has 23 heavy (non-hydrogen) atoms. The zero-order valence-electron chi connectivity index (χ0n) is 12.8. The van der Waals surface area contributed by atoms with Crippen molar-refractivity contribution < 1.29 is 14.8 Å². The molecule has 0 aliphatic heterocycles. The molecular formula is C16H18N2O4S. The summed E-state index contributed by atoms with van der Waals surface area (Å²) >= 11 is 1.58. The van der Waals surface area contributed by atoms with Crippen molar-refractivity contribution in [3.63, 3.8) is 0 Å². The number of carboxylic acid groups (broad SMARTS) is 1. The first-order chi connectivity index (χ1) is 11.0. The molecule has 0 bridgehead atoms. The monoisotopic (exact) mass is 334 g/mol. The molecular weight excluding hydrogens is 316 g/mol. The van der Waals surface area contributed by atoms with E-state index in [2.05, 4.69) is 0 Å². The van der Waals surface area contributed by atoms with Gasteiger partial charge in [-0.25, -0.2) is 0 Å². The largest absolute Gasteiger partial charge is 0.480 e. The van der Waals surface area contributed by atoms with Crippen LogP contribution in [0.4, 0.5) is 5.69 Å². The van der Waals surface area contributed by atoms with Crippen LogP contribution in [-0.4, -0.2) is 34.0 Å². The number of hydrogen-bond acceptors (Lipinski definition) is 5. The summed E-state index contributed by atoms with van der Waals surface area (Å²) in [5.41, 5.74) is 0.994. The molecule has 0 saturated heterocycles. The van der Waals surface area contributed by atoms with E-state index in [0.717, 1.165) is 28.3 Å². The summed E-state index contributed by atoms with van der Waals surface area (Å²) in [6.45, 7) is 3.37. The van der Waals surface area contributed by atoms with Gasteiger partial charge in [0.25, 0.3) is 5.69 Å². The van der Waals surface area contributed by atoms with E-state index in [1.54, 1.807) is 23.5 Å². The van der Waals surface area contributed by atoms with Crippen LogP contribution in [0.5, 0.6) is 0 Å². The van der Waals surface area contributed by atoms with Crippen molar-refractivity contribution in [2.75, 3.05) is 13.1 Å². The Morgan fingerprint density at radius 2 is 1.96 bits per heavy atom. The van der Waals surface area contributed by atoms with Gasteiger partial charge in [-0.3, -0.25) is 19.8 Å². The highest BCUT2D eigenvalue weighted by Crippen LogP contribution is 2.30. The summed E-state index contributed by atoms with van der Waals surface area (Å²) in [4.78, 5) is 25.1. The van der Waals surface area contributed by atoms with E-state index in [9.17, 15) is 14.9 Å². The molecule has 2 aromatic rings. The maximum absolute atomic E-state index is 10.9. The average molecular weight is 334 g/mol. The number of nitro benzene ring substituents is 1. The molecule has 1 N–H and O–H groups in total. The van der Waals surface area contributed by atoms with Gasteiger partial charge < -0.3 is 5.11 Å². The normalized spacial score (nSPS) is 10.9. The molecule has 0 unspecified atom stereocenters. The first-order valence-electron chi connectivity index (χ1n) is 7.27. The Hall–Kier alpha value is -2.25. The molecule has 1 heterocycles. The fourth-order valence-corrected chi connectivity index (χ4v) is 3.36. The number of non-ortho nitro benzene ring substituents is 1. The van der Waals surface area contributed by atoms with Crippen molar-refractivity contribution >= 4 is 23.0 Å². The molecule has 0 aliphatic carbocycles. The van der Waals surface area contributed by atoms with Crippen LogP contribution in [-0.2, 0) is 11.3 Å². The standard InChI is InChI=1S/C16H18N2O4S/c1-2-9-17(11-16(19)20)10-14-7-8-15(23-14)12-3-5-13(6-4-12)18(21)22/h3-8H,2,9-11H2,1H3,(H,19,20). The number of nitrogens with zero attached hydrogens (tertiary/aromatic N) is 2. The summed E-state index contributed by atoms with van der Waals surface area (Å²) in [7, 11) is 0. The van der Waals surface area contributed by atoms with Gasteiger partial charge in [0.2, 0.25) is 0 Å². The van der Waals surface area contributed by atoms with Gasteiger partial charge >= 0.3 is 5.97 Å². The highest BCUT2D eigenvalue weighted by molar-refractivity contribution is 7.15. The number of thiophene rings is 1. The van der Waals surface area contributed by atoms with Gasteiger partial charge in [0.05, 0.1) is 11.5 Å². The van der Waals surface area contributed by atoms with E-state index >= 15 is 0 Å². The number of nitro groups is 1. The zero-order chi connectivity index (χ0) is 16.8. The van der Waals surface area contributed by atoms with Crippen molar-refractivity contribution in [2.45, 2.75) is 19.9 Å². The van der Waals surface area contributed by atoms with E-state index in [4.69, 9.17) is 5.11 Å². The van der Waals surface area contributed by atoms with Crippen LogP contribution in [0.25, 0.3) is 10.4 Å². The quantitative estimate of drug-likeness (QED) is 0.589. The van der Waals surface area contributed by atoms with Crippen molar-refractivity contribution in [3.05, 3.63) is 51.4 Å². The van der Waals surface area contributed by atoms with Crippen LogP contribution in [0.3, 0.4) is 0 Å². The number of carboxylic acids is 1. The average Bonchev–Trinajstić information content (AvgIpc) is 2.95. The third kappa shape index (κ3) is 4.87. The van der Waals surface area contributed by atoms with Crippen molar-refractivity contribution in [1.82, 2.24) is 4.90 Å². The predicted molar refractivity (Wildman–Crippen MR) is 89.6 cm³/mol. The molecule has 0 fully saturated rings. The Labute approximate surface area is 138 Å². The van der Waals surface area contributed by atoms with Gasteiger partial charge in [0.15, 0.2) is 0 Å². The fraction of sp³-hybridized carbons (Fsp3) is 0.312. The van der Waals surface area contributed by atoms with E-state index in [1.807, 2.05) is 24.0 Å². The van der Waals surface area contributed by atoms with Gasteiger partial charge in [-0.05, 0) is 42.8 Å². The summed E-state index contributed by atoms with van der Waals surface area (Å²) in [5, 5.41) is 19.6. The second-order valence-electron chi connectivity index (χ2n) is 5.17. The Bertz CT molecular complexity index is 682. The van der Waals surface area contributed by atoms with Crippen molar-refractivity contribution in [2.24, 2.45) is 0 Å². The lowest BCUT2D eigenvalue weighted by molar-refractivity contribution is -0.384. The summed E-state index contributed by atoms with van der Waals surface area (Å²) in [6.07, 6.45) is 0.897. The van der Waals surface area contributed by atoms with Crippen molar-refractivity contribution in [1.29, 1.82) is 0 Å². The second-order valence-corrected chi connectivity index (χ2v) is 6.34. The number of aliphatic carboxylic acids is 1. The molecule has 122 valence electrons. The first-order valence-corrected chi connectivity index (χ1v) is 8.09. The van der Waals surface area contributed by atoms with Gasteiger partial charge in [-0.2, -0.15) is 0 Å². The lowest BCUT2D eigenvalue weighted by atomic mass is 10.2. The smallest absolute Gasteiger partial charge is 0.317 e. The van der Waals surface area contributed by atoms with E-state index in [-0.39, 0.29) is 12.2 Å². The third-order valence-corrected chi connectivity index (χ3v) is 4.42. The Balaban J connectivity index is 2.09. The number of rotatable bonds is 8. The van der Waals surface area contributed by atoms with Crippen LogP contribution >= 0.6 is 11.3 Å². The highest BCUT2D eigenvalue weighted by atomic mass is 32.1. The van der Waals surface area contributed by atoms with Gasteiger partial charge in [0.1, 0.15) is 0 Å². The Kier molecular flexibility index (Phi) is 5.84. The molecule has 0 radical (unpaired) electrons. The maximum Gasteiger partial charge on any atom is 0.317 e. The van der Waals surface area contributed by atoms with E-state index in [1.165, 1.54) is 12.1 Å². The number of hydrogen-bond donors (Lipinski definition) is 1. The lowest BCUT2D eigenvalue weighted by Crippen LogP contribution is -2.29. The van der Waals surface area contributed by atoms with Crippen LogP contribution < -0.4 is 0 Å². The van der Waals surface area contributed by atoms with Gasteiger partial charge in [0, 0.05) is 28.4 Å². The molecule has 0 atom stereocenters. The molecule has 1 aromatic carbocycles. The van der Waals surface area contributed by atoms with Crippen LogP contribution in [0.1, 0.15) is 18.2 Å². The minimum absolute atomic E-state index is 0.0264. The summed E-state index contributed by atoms with van der Waals surface area (Å²) < 4.78 is 0. The molecule has 7 heteroatoms. The lowest BCUT2D eigenvalue weighted by Gasteiger charge is -2.18. The van der Waals surface area contributed by atoms with Crippen LogP contribution in [0, 0.1) is 10.1 Å². The van der Waals surface area contributed by atoms with Gasteiger partial charge in [-0.15, -0.1) is 11.3 Å². The van der Waals surface area contributed by atoms with E-state index < -0.39 is 10.9 Å². The Morgan fingerprint density at radius 1 is 1.26 bits per heavy atom. The Morgan fingerprint density at radius 3 is 2.52 bits per heavy atom. The minimum atomic E-state index is -0.828. The highest BCUT2D eigenvalue weighted by Gasteiger charge is 2.12. The topological polar surface area (TPSA) is 83.7 Å². The minimum Gasteiger partial charge on any atom is -0.480 e. The number of carbonyl (C=O) groups is 1. The molecule has 0 amide bonds. The zero-order valence-corrected chi connectivity index (χ0v) is 13.6.